The van der Waals surface area contributed by atoms with Crippen LogP contribution in [0.25, 0.3) is 0 Å². The lowest BCUT2D eigenvalue weighted by Crippen LogP contribution is -2.22. The van der Waals surface area contributed by atoms with E-state index in [1.807, 2.05) is 32.9 Å². The average Bonchev–Trinajstić information content (AvgIpc) is 3.25. The number of rotatable bonds is 5. The minimum Gasteiger partial charge on any atom is -0.506 e. The molecule has 1 aliphatic rings. The Morgan fingerprint density at radius 1 is 0.366 bits per heavy atom. The summed E-state index contributed by atoms with van der Waals surface area (Å²) in [4.78, 5) is 31.8. The molecule has 0 heterocycles. The summed E-state index contributed by atoms with van der Waals surface area (Å²) in [7, 11) is 5.00. The molecule has 1 aliphatic carbocycles. The van der Waals surface area contributed by atoms with Crippen LogP contribution in [0.1, 0.15) is 216 Å². The Kier molecular flexibility index (Phi) is 13.7. The first-order chi connectivity index (χ1) is 32.8. The van der Waals surface area contributed by atoms with Crippen molar-refractivity contribution in [2.45, 2.75) is 158 Å². The summed E-state index contributed by atoms with van der Waals surface area (Å²) in [6, 6.07) is 25.3. The SMILES string of the molecule is COc1c2cc(C(C)(C)C)cc1[C@@H](c1c(C)cc(C)cc1C)c1cc(C(C)(C)C)cc(c1OC)[C@H](c1c(C)cc(C)cc1C)c1cc(C(C)(C)C)cc(c1OC)C(=O)c1cc(C(C)(C)C)cc(c1O)C2=O. The Hall–Kier alpha value is -6.14. The van der Waals surface area contributed by atoms with Crippen molar-refractivity contribution in [3.8, 4) is 23.0 Å². The van der Waals surface area contributed by atoms with Gasteiger partial charge in [-0.05, 0) is 143 Å². The standard InChI is InChI=1S/C65H78O6/c1-34-22-36(3)52(37(4)23-34)54-44-26-40(62(7,8)9)27-45(59(44)69-19)55(53-38(5)24-35(2)25-39(53)6)47-29-42(64(13,14)15)33-51(61(47)71-21)58(68)49-31-43(65(16,17)18)30-48(56(49)66)57(67)50-32-41(63(10,11)12)28-46(54)60(50)70-20/h22-33,54-55,66H,1-21H3/t54-,55-/m0/s1. The summed E-state index contributed by atoms with van der Waals surface area (Å²) >= 11 is 0. The van der Waals surface area contributed by atoms with Crippen molar-refractivity contribution in [1.82, 2.24) is 0 Å². The number of carbonyl (C=O) groups is 2. The minimum absolute atomic E-state index is 0.0203. The number of benzene rings is 6. The number of phenols is 1. The molecule has 6 nitrogen and oxygen atoms in total. The van der Waals surface area contributed by atoms with E-state index in [9.17, 15) is 5.11 Å². The summed E-state index contributed by atoms with van der Waals surface area (Å²) < 4.78 is 20.2. The van der Waals surface area contributed by atoms with Crippen molar-refractivity contribution in [3.63, 3.8) is 0 Å². The van der Waals surface area contributed by atoms with E-state index in [0.29, 0.717) is 28.4 Å². The Morgan fingerprint density at radius 2 is 0.606 bits per heavy atom. The summed E-state index contributed by atoms with van der Waals surface area (Å²) in [5, 5.41) is 12.7. The highest BCUT2D eigenvalue weighted by Crippen LogP contribution is 2.54. The second-order valence-electron chi connectivity index (χ2n) is 24.5. The second-order valence-corrected chi connectivity index (χ2v) is 24.5. The van der Waals surface area contributed by atoms with E-state index in [-0.39, 0.29) is 22.3 Å². The van der Waals surface area contributed by atoms with Crippen LogP contribution < -0.4 is 14.2 Å². The zero-order valence-electron chi connectivity index (χ0n) is 46.6. The third-order valence-electron chi connectivity index (χ3n) is 14.8. The predicted octanol–water partition coefficient (Wildman–Crippen LogP) is 15.6. The molecule has 1 N–H and O–H groups in total. The largest absolute Gasteiger partial charge is 0.506 e. The average molecular weight is 955 g/mol. The Labute approximate surface area is 425 Å². The Balaban J connectivity index is 1.90. The van der Waals surface area contributed by atoms with E-state index in [1.54, 1.807) is 33.5 Å². The number of phenolic OH excluding ortho intramolecular Hbond substituents is 1. The van der Waals surface area contributed by atoms with E-state index in [4.69, 9.17) is 14.2 Å². The van der Waals surface area contributed by atoms with Gasteiger partial charge in [-0.1, -0.05) is 143 Å². The number of aromatic hydroxyl groups is 1. The Morgan fingerprint density at radius 3 is 0.873 bits per heavy atom. The molecule has 0 amide bonds. The first kappa shape index (κ1) is 52.7. The lowest BCUT2D eigenvalue weighted by molar-refractivity contribution is 0.103. The van der Waals surface area contributed by atoms with Gasteiger partial charge in [-0.15, -0.1) is 0 Å². The van der Waals surface area contributed by atoms with Gasteiger partial charge in [0, 0.05) is 34.1 Å². The van der Waals surface area contributed by atoms with Crippen LogP contribution in [-0.4, -0.2) is 38.0 Å². The highest BCUT2D eigenvalue weighted by Gasteiger charge is 2.39. The van der Waals surface area contributed by atoms with Gasteiger partial charge in [0.05, 0.1) is 43.6 Å². The molecule has 374 valence electrons. The van der Waals surface area contributed by atoms with Gasteiger partial charge in [0.2, 0.25) is 11.6 Å². The molecule has 0 aliphatic heterocycles. The molecule has 0 aromatic heterocycles. The maximum Gasteiger partial charge on any atom is 0.200 e. The van der Waals surface area contributed by atoms with Crippen molar-refractivity contribution >= 4 is 11.6 Å². The fraction of sp³-hybridized carbons (Fsp3) is 0.415. The first-order valence-electron chi connectivity index (χ1n) is 25.1. The fourth-order valence-corrected chi connectivity index (χ4v) is 11.1. The molecule has 0 fully saturated rings. The zero-order chi connectivity index (χ0) is 52.8. The van der Waals surface area contributed by atoms with E-state index in [1.165, 1.54) is 0 Å². The van der Waals surface area contributed by atoms with Gasteiger partial charge in [-0.3, -0.25) is 9.59 Å². The number of ether oxygens (including phenoxy) is 3. The minimum atomic E-state index is -0.533. The van der Waals surface area contributed by atoms with Gasteiger partial charge in [-0.2, -0.15) is 0 Å². The van der Waals surface area contributed by atoms with E-state index in [0.717, 1.165) is 89.0 Å². The molecule has 0 saturated heterocycles. The van der Waals surface area contributed by atoms with Crippen molar-refractivity contribution in [2.24, 2.45) is 0 Å². The molecular formula is C65H78O6. The van der Waals surface area contributed by atoms with Crippen LogP contribution in [-0.2, 0) is 21.7 Å². The van der Waals surface area contributed by atoms with Crippen molar-refractivity contribution in [2.75, 3.05) is 21.3 Å². The maximum atomic E-state index is 15.9. The summed E-state index contributed by atoms with van der Waals surface area (Å²) in [6.07, 6.45) is 0. The molecule has 6 aromatic rings. The molecule has 7 rings (SSSR count). The number of hydrogen-bond acceptors (Lipinski definition) is 6. The van der Waals surface area contributed by atoms with E-state index in [2.05, 4.69) is 152 Å². The number of hydrogen-bond donors (Lipinski definition) is 1. The molecule has 0 radical (unpaired) electrons. The lowest BCUT2D eigenvalue weighted by atomic mass is 9.71. The van der Waals surface area contributed by atoms with Gasteiger partial charge in [0.15, 0.2) is 0 Å². The maximum absolute atomic E-state index is 15.9. The van der Waals surface area contributed by atoms with Crippen LogP contribution in [0.2, 0.25) is 0 Å². The smallest absolute Gasteiger partial charge is 0.200 e. The lowest BCUT2D eigenvalue weighted by Gasteiger charge is -2.34. The highest BCUT2D eigenvalue weighted by molar-refractivity contribution is 6.18. The Bertz CT molecular complexity index is 2900. The number of aryl methyl sites for hydroxylation is 6. The number of fused-ring (bicyclic) bond motifs is 8. The predicted molar refractivity (Wildman–Crippen MR) is 292 cm³/mol. The monoisotopic (exact) mass is 955 g/mol. The molecule has 0 saturated carbocycles. The van der Waals surface area contributed by atoms with Gasteiger partial charge in [0.25, 0.3) is 0 Å². The number of carbonyl (C=O) groups excluding carboxylic acids is 2. The van der Waals surface area contributed by atoms with Crippen LogP contribution in [0.3, 0.4) is 0 Å². The van der Waals surface area contributed by atoms with Crippen LogP contribution in [0.5, 0.6) is 23.0 Å². The third kappa shape index (κ3) is 9.56. The van der Waals surface area contributed by atoms with Gasteiger partial charge in [0.1, 0.15) is 23.0 Å². The third-order valence-corrected chi connectivity index (χ3v) is 14.8. The topological polar surface area (TPSA) is 82.1 Å². The van der Waals surface area contributed by atoms with Crippen LogP contribution >= 0.6 is 0 Å². The van der Waals surface area contributed by atoms with Crippen LogP contribution in [0.15, 0.2) is 72.8 Å². The molecular weight excluding hydrogens is 877 g/mol. The van der Waals surface area contributed by atoms with Gasteiger partial charge in [-0.25, -0.2) is 0 Å². The summed E-state index contributed by atoms with van der Waals surface area (Å²) in [5.41, 5.74) is 14.7. The molecule has 6 aromatic carbocycles. The molecule has 2 atom stereocenters. The highest BCUT2D eigenvalue weighted by atomic mass is 16.5. The van der Waals surface area contributed by atoms with Crippen LogP contribution in [0, 0.1) is 41.5 Å². The molecule has 6 heteroatoms. The summed E-state index contributed by atoms with van der Waals surface area (Å²) in [5.74, 6) is -0.894. The van der Waals surface area contributed by atoms with Crippen molar-refractivity contribution < 1.29 is 28.9 Å². The van der Waals surface area contributed by atoms with Crippen molar-refractivity contribution in [1.29, 1.82) is 0 Å². The van der Waals surface area contributed by atoms with Gasteiger partial charge >= 0.3 is 0 Å². The van der Waals surface area contributed by atoms with Gasteiger partial charge < -0.3 is 19.3 Å². The van der Waals surface area contributed by atoms with E-state index >= 15 is 9.59 Å². The first-order valence-corrected chi connectivity index (χ1v) is 25.1. The quantitative estimate of drug-likeness (QED) is 0.185. The van der Waals surface area contributed by atoms with Crippen molar-refractivity contribution in [3.05, 3.63) is 184 Å². The van der Waals surface area contributed by atoms with Crippen LogP contribution in [0.4, 0.5) is 0 Å². The zero-order valence-corrected chi connectivity index (χ0v) is 46.6. The molecule has 0 unspecified atom stereocenters. The molecule has 71 heavy (non-hydrogen) atoms. The number of methoxy groups -OCH3 is 3. The normalized spacial score (nSPS) is 15.5. The second kappa shape index (κ2) is 18.5. The summed E-state index contributed by atoms with van der Waals surface area (Å²) in [6.45, 7) is 38.7. The number of ketones is 2. The molecule has 8 bridgehead atoms. The molecule has 0 spiro atoms. The fourth-order valence-electron chi connectivity index (χ4n) is 11.1. The van der Waals surface area contributed by atoms with E-state index < -0.39 is 39.6 Å².